The van der Waals surface area contributed by atoms with E-state index in [-0.39, 0.29) is 11.9 Å². The Hall–Kier alpha value is -2.04. The lowest BCUT2D eigenvalue weighted by atomic mass is 9.93. The van der Waals surface area contributed by atoms with Crippen molar-refractivity contribution in [2.75, 3.05) is 13.1 Å². The van der Waals surface area contributed by atoms with E-state index >= 15 is 0 Å². The van der Waals surface area contributed by atoms with Gasteiger partial charge in [-0.05, 0) is 33.3 Å². The standard InChI is InChI=1S/C16H26N4O/c1-5-18-15(19-11-16(3,4)14(17)21)20-12(2)13-9-7-6-8-10-13/h6-10,12H,5,11H2,1-4H3,(H2,17,21)(H2,18,19,20). The number of benzene rings is 1. The number of aliphatic imine (C=N–C) groups is 1. The molecule has 0 aliphatic rings. The van der Waals surface area contributed by atoms with Crippen molar-refractivity contribution in [1.82, 2.24) is 10.6 Å². The summed E-state index contributed by atoms with van der Waals surface area (Å²) >= 11 is 0. The maximum absolute atomic E-state index is 11.3. The highest BCUT2D eigenvalue weighted by Gasteiger charge is 2.24. The quantitative estimate of drug-likeness (QED) is 0.552. The first-order valence-corrected chi connectivity index (χ1v) is 7.26. The van der Waals surface area contributed by atoms with Crippen LogP contribution in [0.2, 0.25) is 0 Å². The molecule has 0 aromatic heterocycles. The molecule has 0 bridgehead atoms. The maximum Gasteiger partial charge on any atom is 0.224 e. The second-order valence-corrected chi connectivity index (χ2v) is 5.72. The van der Waals surface area contributed by atoms with Crippen LogP contribution in [0.15, 0.2) is 35.3 Å². The molecule has 0 heterocycles. The molecule has 0 saturated carbocycles. The monoisotopic (exact) mass is 290 g/mol. The molecule has 1 unspecified atom stereocenters. The minimum Gasteiger partial charge on any atom is -0.369 e. The van der Waals surface area contributed by atoms with E-state index < -0.39 is 5.41 Å². The van der Waals surface area contributed by atoms with E-state index in [2.05, 4.69) is 34.7 Å². The Bertz CT molecular complexity index is 482. The van der Waals surface area contributed by atoms with Gasteiger partial charge in [0.05, 0.1) is 18.0 Å². The molecule has 5 nitrogen and oxygen atoms in total. The number of rotatable bonds is 6. The SMILES string of the molecule is CCNC(=NCC(C)(C)C(N)=O)NC(C)c1ccccc1. The number of hydrogen-bond acceptors (Lipinski definition) is 2. The molecule has 0 spiro atoms. The average Bonchev–Trinajstić information content (AvgIpc) is 2.45. The first-order chi connectivity index (χ1) is 9.86. The summed E-state index contributed by atoms with van der Waals surface area (Å²) in [4.78, 5) is 15.8. The van der Waals surface area contributed by atoms with E-state index in [0.717, 1.165) is 6.54 Å². The third-order valence-electron chi connectivity index (χ3n) is 3.30. The predicted molar refractivity (Wildman–Crippen MR) is 86.9 cm³/mol. The zero-order valence-electron chi connectivity index (χ0n) is 13.3. The van der Waals surface area contributed by atoms with Gasteiger partial charge in [0, 0.05) is 6.54 Å². The fourth-order valence-corrected chi connectivity index (χ4v) is 1.70. The fourth-order valence-electron chi connectivity index (χ4n) is 1.70. The number of nitrogens with two attached hydrogens (primary N) is 1. The van der Waals surface area contributed by atoms with E-state index in [1.807, 2.05) is 25.1 Å². The normalized spacial score (nSPS) is 13.6. The molecule has 1 rings (SSSR count). The van der Waals surface area contributed by atoms with E-state index in [0.29, 0.717) is 12.5 Å². The van der Waals surface area contributed by atoms with Crippen LogP contribution < -0.4 is 16.4 Å². The van der Waals surface area contributed by atoms with Gasteiger partial charge >= 0.3 is 0 Å². The second-order valence-electron chi connectivity index (χ2n) is 5.72. The predicted octanol–water partition coefficient (Wildman–Crippen LogP) is 1.81. The highest BCUT2D eigenvalue weighted by Crippen LogP contribution is 2.15. The van der Waals surface area contributed by atoms with Gasteiger partial charge in [-0.15, -0.1) is 0 Å². The van der Waals surface area contributed by atoms with E-state index in [1.54, 1.807) is 13.8 Å². The van der Waals surface area contributed by atoms with Gasteiger partial charge in [-0.25, -0.2) is 0 Å². The summed E-state index contributed by atoms with van der Waals surface area (Å²) in [5.41, 5.74) is 5.90. The number of hydrogen-bond donors (Lipinski definition) is 3. The van der Waals surface area contributed by atoms with Crippen LogP contribution in [-0.2, 0) is 4.79 Å². The molecule has 116 valence electrons. The maximum atomic E-state index is 11.3. The lowest BCUT2D eigenvalue weighted by Crippen LogP contribution is -2.41. The van der Waals surface area contributed by atoms with Crippen molar-refractivity contribution >= 4 is 11.9 Å². The fraction of sp³-hybridized carbons (Fsp3) is 0.500. The Morgan fingerprint density at radius 1 is 1.33 bits per heavy atom. The second kappa shape index (κ2) is 7.67. The van der Waals surface area contributed by atoms with Crippen molar-refractivity contribution in [3.8, 4) is 0 Å². The molecule has 1 atom stereocenters. The topological polar surface area (TPSA) is 79.5 Å². The van der Waals surface area contributed by atoms with Crippen LogP contribution in [0.25, 0.3) is 0 Å². The van der Waals surface area contributed by atoms with Gasteiger partial charge in [0.1, 0.15) is 0 Å². The Kier molecular flexibility index (Phi) is 6.21. The molecule has 1 aromatic rings. The van der Waals surface area contributed by atoms with Crippen molar-refractivity contribution in [2.24, 2.45) is 16.1 Å². The first-order valence-electron chi connectivity index (χ1n) is 7.26. The van der Waals surface area contributed by atoms with Crippen LogP contribution in [0.5, 0.6) is 0 Å². The smallest absolute Gasteiger partial charge is 0.224 e. The molecule has 5 heteroatoms. The molecule has 0 aliphatic carbocycles. The molecule has 0 fully saturated rings. The number of amides is 1. The Morgan fingerprint density at radius 3 is 2.48 bits per heavy atom. The van der Waals surface area contributed by atoms with E-state index in [4.69, 9.17) is 5.73 Å². The average molecular weight is 290 g/mol. The molecule has 0 radical (unpaired) electrons. The number of primary amides is 1. The molecular weight excluding hydrogens is 264 g/mol. The summed E-state index contributed by atoms with van der Waals surface area (Å²) in [7, 11) is 0. The highest BCUT2D eigenvalue weighted by molar-refractivity contribution is 5.82. The highest BCUT2D eigenvalue weighted by atomic mass is 16.1. The largest absolute Gasteiger partial charge is 0.369 e. The zero-order chi connectivity index (χ0) is 15.9. The molecule has 0 aliphatic heterocycles. The Morgan fingerprint density at radius 2 is 1.95 bits per heavy atom. The van der Waals surface area contributed by atoms with Gasteiger partial charge in [-0.2, -0.15) is 0 Å². The van der Waals surface area contributed by atoms with Crippen molar-refractivity contribution in [3.05, 3.63) is 35.9 Å². The van der Waals surface area contributed by atoms with Crippen molar-refractivity contribution in [1.29, 1.82) is 0 Å². The summed E-state index contributed by atoms with van der Waals surface area (Å²) in [6, 6.07) is 10.3. The third-order valence-corrected chi connectivity index (χ3v) is 3.30. The minimum absolute atomic E-state index is 0.126. The van der Waals surface area contributed by atoms with Crippen LogP contribution in [0.3, 0.4) is 0 Å². The van der Waals surface area contributed by atoms with Crippen molar-refractivity contribution in [2.45, 2.75) is 33.7 Å². The lowest BCUT2D eigenvalue weighted by molar-refractivity contribution is -0.125. The minimum atomic E-state index is -0.654. The van der Waals surface area contributed by atoms with Crippen LogP contribution >= 0.6 is 0 Å². The summed E-state index contributed by atoms with van der Waals surface area (Å²) in [5.74, 6) is 0.335. The third kappa shape index (κ3) is 5.45. The van der Waals surface area contributed by atoms with Crippen LogP contribution in [0, 0.1) is 5.41 Å². The summed E-state index contributed by atoms with van der Waals surface area (Å²) in [6.07, 6.45) is 0. The molecular formula is C16H26N4O. The van der Waals surface area contributed by atoms with Crippen molar-refractivity contribution < 1.29 is 4.79 Å². The first kappa shape index (κ1) is 17.0. The zero-order valence-corrected chi connectivity index (χ0v) is 13.3. The summed E-state index contributed by atoms with van der Waals surface area (Å²) in [5, 5.41) is 6.51. The van der Waals surface area contributed by atoms with Gasteiger partial charge in [0.15, 0.2) is 5.96 Å². The lowest BCUT2D eigenvalue weighted by Gasteiger charge is -2.21. The number of guanidine groups is 1. The van der Waals surface area contributed by atoms with Crippen LogP contribution in [0.1, 0.15) is 39.3 Å². The molecule has 4 N–H and O–H groups in total. The molecule has 21 heavy (non-hydrogen) atoms. The van der Waals surface area contributed by atoms with Gasteiger partial charge in [0.25, 0.3) is 0 Å². The Labute approximate surface area is 127 Å². The Balaban J connectivity index is 2.75. The summed E-state index contributed by atoms with van der Waals surface area (Å²) in [6.45, 7) is 8.76. The molecule has 1 amide bonds. The summed E-state index contributed by atoms with van der Waals surface area (Å²) < 4.78 is 0. The number of carbonyl (C=O) groups is 1. The number of nitrogens with zero attached hydrogens (tertiary/aromatic N) is 1. The molecule has 0 saturated heterocycles. The number of carbonyl (C=O) groups excluding carboxylic acids is 1. The van der Waals surface area contributed by atoms with Gasteiger partial charge in [-0.1, -0.05) is 30.3 Å². The molecule has 1 aromatic carbocycles. The van der Waals surface area contributed by atoms with Crippen molar-refractivity contribution in [3.63, 3.8) is 0 Å². The number of nitrogens with one attached hydrogen (secondary N) is 2. The van der Waals surface area contributed by atoms with Gasteiger partial charge < -0.3 is 16.4 Å². The van der Waals surface area contributed by atoms with Gasteiger partial charge in [0.2, 0.25) is 5.91 Å². The van der Waals surface area contributed by atoms with E-state index in [1.165, 1.54) is 5.56 Å². The van der Waals surface area contributed by atoms with E-state index in [9.17, 15) is 4.79 Å². The van der Waals surface area contributed by atoms with Crippen LogP contribution in [0.4, 0.5) is 0 Å². The van der Waals surface area contributed by atoms with Gasteiger partial charge in [-0.3, -0.25) is 9.79 Å². The van der Waals surface area contributed by atoms with Crippen LogP contribution in [-0.4, -0.2) is 25.0 Å².